The molecule has 0 atom stereocenters. The Bertz CT molecular complexity index is 563. The van der Waals surface area contributed by atoms with Crippen LogP contribution >= 0.6 is 0 Å². The smallest absolute Gasteiger partial charge is 0.253 e. The Labute approximate surface area is 123 Å². The van der Waals surface area contributed by atoms with Gasteiger partial charge >= 0.3 is 0 Å². The van der Waals surface area contributed by atoms with Gasteiger partial charge in [0.15, 0.2) is 0 Å². The van der Waals surface area contributed by atoms with Gasteiger partial charge in [-0.25, -0.2) is 0 Å². The average Bonchev–Trinajstić information content (AvgIpc) is 2.47. The minimum absolute atomic E-state index is 0.182. The summed E-state index contributed by atoms with van der Waals surface area (Å²) < 4.78 is 0. The van der Waals surface area contributed by atoms with E-state index in [2.05, 4.69) is 5.32 Å². The number of amides is 2. The first-order valence-corrected chi connectivity index (χ1v) is 6.49. The van der Waals surface area contributed by atoms with Crippen molar-refractivity contribution in [3.8, 4) is 12.1 Å². The monoisotopic (exact) mass is 284 g/mol. The van der Waals surface area contributed by atoms with Crippen LogP contribution in [0.15, 0.2) is 24.3 Å². The molecule has 1 rings (SSSR count). The molecule has 0 aliphatic heterocycles. The fraction of sp³-hybridized carbons (Fsp3) is 0.333. The third kappa shape index (κ3) is 5.33. The number of anilines is 1. The number of hydrogen-bond acceptors (Lipinski definition) is 4. The summed E-state index contributed by atoms with van der Waals surface area (Å²) in [7, 11) is 0. The van der Waals surface area contributed by atoms with Gasteiger partial charge in [0.2, 0.25) is 5.91 Å². The molecule has 1 aromatic carbocycles. The Morgan fingerprint density at radius 3 is 2.05 bits per heavy atom. The number of nitriles is 2. The molecule has 0 aliphatic carbocycles. The molecule has 6 heteroatoms. The van der Waals surface area contributed by atoms with Crippen LogP contribution in [-0.4, -0.2) is 29.8 Å². The van der Waals surface area contributed by atoms with Gasteiger partial charge in [-0.2, -0.15) is 10.5 Å². The van der Waals surface area contributed by atoms with E-state index in [1.807, 2.05) is 12.1 Å². The van der Waals surface area contributed by atoms with E-state index in [0.29, 0.717) is 24.3 Å². The van der Waals surface area contributed by atoms with Crippen LogP contribution in [0.1, 0.15) is 30.1 Å². The van der Waals surface area contributed by atoms with Crippen molar-refractivity contribution in [2.24, 2.45) is 0 Å². The molecule has 2 amide bonds. The number of nitrogens with one attached hydrogen (secondary N) is 1. The second kappa shape index (κ2) is 8.34. The highest BCUT2D eigenvalue weighted by molar-refractivity contribution is 5.95. The first-order chi connectivity index (χ1) is 10.1. The Hall–Kier alpha value is -2.86. The zero-order chi connectivity index (χ0) is 15.7. The third-order valence-corrected chi connectivity index (χ3v) is 2.73. The molecule has 0 aliphatic rings. The van der Waals surface area contributed by atoms with Gasteiger partial charge < -0.3 is 10.2 Å². The molecule has 1 N–H and O–H groups in total. The van der Waals surface area contributed by atoms with Crippen LogP contribution in [0, 0.1) is 22.7 Å². The molecular weight excluding hydrogens is 268 g/mol. The first-order valence-electron chi connectivity index (χ1n) is 6.49. The SMILES string of the molecule is CC(=O)Nc1ccc(C(=O)N(CCC#N)CCC#N)cc1. The predicted octanol–water partition coefficient (Wildman–Crippen LogP) is 1.91. The van der Waals surface area contributed by atoms with Crippen molar-refractivity contribution in [3.63, 3.8) is 0 Å². The van der Waals surface area contributed by atoms with Gasteiger partial charge in [0.05, 0.1) is 25.0 Å². The van der Waals surface area contributed by atoms with Gasteiger partial charge in [0, 0.05) is 31.3 Å². The van der Waals surface area contributed by atoms with Gasteiger partial charge in [0.1, 0.15) is 0 Å². The lowest BCUT2D eigenvalue weighted by Gasteiger charge is -2.20. The molecule has 1 aromatic rings. The van der Waals surface area contributed by atoms with Crippen molar-refractivity contribution in [2.45, 2.75) is 19.8 Å². The van der Waals surface area contributed by atoms with E-state index in [9.17, 15) is 9.59 Å². The third-order valence-electron chi connectivity index (χ3n) is 2.73. The van der Waals surface area contributed by atoms with E-state index in [1.165, 1.54) is 11.8 Å². The van der Waals surface area contributed by atoms with Gasteiger partial charge in [-0.15, -0.1) is 0 Å². The van der Waals surface area contributed by atoms with E-state index in [1.54, 1.807) is 24.3 Å². The molecule has 0 saturated heterocycles. The molecule has 21 heavy (non-hydrogen) atoms. The second-order valence-electron chi connectivity index (χ2n) is 4.37. The minimum atomic E-state index is -0.227. The fourth-order valence-corrected chi connectivity index (χ4v) is 1.77. The van der Waals surface area contributed by atoms with E-state index in [-0.39, 0.29) is 24.7 Å². The Balaban J connectivity index is 2.80. The summed E-state index contributed by atoms with van der Waals surface area (Å²) in [6.45, 7) is 2.00. The maximum absolute atomic E-state index is 12.3. The van der Waals surface area contributed by atoms with E-state index in [4.69, 9.17) is 10.5 Å². The van der Waals surface area contributed by atoms with Crippen LogP contribution in [0.2, 0.25) is 0 Å². The fourth-order valence-electron chi connectivity index (χ4n) is 1.77. The molecule has 6 nitrogen and oxygen atoms in total. The van der Waals surface area contributed by atoms with E-state index in [0.717, 1.165) is 0 Å². The summed E-state index contributed by atoms with van der Waals surface area (Å²) in [6.07, 6.45) is 0.447. The normalized spacial score (nSPS) is 9.29. The van der Waals surface area contributed by atoms with Gasteiger partial charge in [-0.1, -0.05) is 0 Å². The summed E-state index contributed by atoms with van der Waals surface area (Å²) in [5.41, 5.74) is 1.07. The highest BCUT2D eigenvalue weighted by atomic mass is 16.2. The lowest BCUT2D eigenvalue weighted by atomic mass is 10.1. The minimum Gasteiger partial charge on any atom is -0.337 e. The highest BCUT2D eigenvalue weighted by Crippen LogP contribution is 2.12. The maximum Gasteiger partial charge on any atom is 0.253 e. The number of nitrogens with zero attached hydrogens (tertiary/aromatic N) is 3. The van der Waals surface area contributed by atoms with Crippen molar-refractivity contribution >= 4 is 17.5 Å². The van der Waals surface area contributed by atoms with E-state index < -0.39 is 0 Å². The quantitative estimate of drug-likeness (QED) is 0.862. The van der Waals surface area contributed by atoms with Crippen LogP contribution in [0.4, 0.5) is 5.69 Å². The number of carbonyl (C=O) groups is 2. The summed E-state index contributed by atoms with van der Waals surface area (Å²) in [6, 6.07) is 10.5. The van der Waals surface area contributed by atoms with Crippen molar-refractivity contribution in [2.75, 3.05) is 18.4 Å². The number of carbonyl (C=O) groups excluding carboxylic acids is 2. The number of benzene rings is 1. The topological polar surface area (TPSA) is 97.0 Å². The van der Waals surface area contributed by atoms with Crippen molar-refractivity contribution in [1.29, 1.82) is 10.5 Å². The Morgan fingerprint density at radius 2 is 1.62 bits per heavy atom. The first kappa shape index (κ1) is 16.2. The standard InChI is InChI=1S/C15H16N4O2/c1-12(20)18-14-6-4-13(5-7-14)15(21)19(10-2-8-16)11-3-9-17/h4-7H,2-3,10-11H2,1H3,(H,18,20). The molecular formula is C15H16N4O2. The van der Waals surface area contributed by atoms with Crippen LogP contribution in [-0.2, 0) is 4.79 Å². The molecule has 0 fully saturated rings. The molecule has 0 spiro atoms. The largest absolute Gasteiger partial charge is 0.337 e. The van der Waals surface area contributed by atoms with Crippen molar-refractivity contribution < 1.29 is 9.59 Å². The summed E-state index contributed by atoms with van der Waals surface area (Å²) >= 11 is 0. The lowest BCUT2D eigenvalue weighted by Crippen LogP contribution is -2.32. The summed E-state index contributed by atoms with van der Waals surface area (Å²) in [5.74, 6) is -0.409. The van der Waals surface area contributed by atoms with Crippen molar-refractivity contribution in [1.82, 2.24) is 4.90 Å². The van der Waals surface area contributed by atoms with Crippen molar-refractivity contribution in [3.05, 3.63) is 29.8 Å². The summed E-state index contributed by atoms with van der Waals surface area (Å²) in [5, 5.41) is 19.9. The molecule has 108 valence electrons. The van der Waals surface area contributed by atoms with Crippen LogP contribution in [0.5, 0.6) is 0 Å². The molecule has 0 unspecified atom stereocenters. The zero-order valence-electron chi connectivity index (χ0n) is 11.8. The zero-order valence-corrected chi connectivity index (χ0v) is 11.8. The van der Waals surface area contributed by atoms with Crippen LogP contribution < -0.4 is 5.32 Å². The Kier molecular flexibility index (Phi) is 6.43. The molecule has 0 saturated carbocycles. The van der Waals surface area contributed by atoms with Crippen LogP contribution in [0.25, 0.3) is 0 Å². The van der Waals surface area contributed by atoms with Gasteiger partial charge in [-0.3, -0.25) is 9.59 Å². The highest BCUT2D eigenvalue weighted by Gasteiger charge is 2.15. The predicted molar refractivity (Wildman–Crippen MR) is 77.1 cm³/mol. The lowest BCUT2D eigenvalue weighted by molar-refractivity contribution is -0.114. The van der Waals surface area contributed by atoms with Crippen LogP contribution in [0.3, 0.4) is 0 Å². The number of rotatable bonds is 6. The molecule has 0 heterocycles. The number of hydrogen-bond donors (Lipinski definition) is 1. The molecule has 0 aromatic heterocycles. The second-order valence-corrected chi connectivity index (χ2v) is 4.37. The molecule has 0 radical (unpaired) electrons. The maximum atomic E-state index is 12.3. The average molecular weight is 284 g/mol. The Morgan fingerprint density at radius 1 is 1.10 bits per heavy atom. The molecule has 0 bridgehead atoms. The van der Waals surface area contributed by atoms with Gasteiger partial charge in [0.25, 0.3) is 5.91 Å². The van der Waals surface area contributed by atoms with Gasteiger partial charge in [-0.05, 0) is 24.3 Å². The van der Waals surface area contributed by atoms with E-state index >= 15 is 0 Å². The summed E-state index contributed by atoms with van der Waals surface area (Å²) in [4.78, 5) is 24.7.